The maximum absolute atomic E-state index is 12.9. The van der Waals surface area contributed by atoms with Gasteiger partial charge in [0.15, 0.2) is 0 Å². The van der Waals surface area contributed by atoms with Gasteiger partial charge < -0.3 is 15.1 Å². The summed E-state index contributed by atoms with van der Waals surface area (Å²) < 4.78 is 0. The fourth-order valence-electron chi connectivity index (χ4n) is 3.77. The molecule has 4 rings (SSSR count). The van der Waals surface area contributed by atoms with Crippen LogP contribution in [0.3, 0.4) is 0 Å². The molecule has 0 saturated carbocycles. The molecule has 170 valence electrons. The molecule has 0 radical (unpaired) electrons. The van der Waals surface area contributed by atoms with Crippen molar-refractivity contribution in [2.24, 2.45) is 0 Å². The van der Waals surface area contributed by atoms with Crippen molar-refractivity contribution in [3.63, 3.8) is 0 Å². The number of amides is 1. The number of allylic oxidation sites excluding steroid dienone is 1. The molecular formula is C27H30N4OS. The van der Waals surface area contributed by atoms with Crippen LogP contribution < -0.4 is 5.32 Å². The minimum Gasteiger partial charge on any atom is -0.369 e. The Morgan fingerprint density at radius 2 is 1.97 bits per heavy atom. The predicted octanol–water partition coefficient (Wildman–Crippen LogP) is 5.39. The number of carbonyl (C=O) groups is 1. The molecule has 2 aromatic heterocycles. The van der Waals surface area contributed by atoms with Crippen LogP contribution in [0.5, 0.6) is 0 Å². The molecule has 3 aromatic rings. The number of nitrogens with one attached hydrogen (secondary N) is 1. The van der Waals surface area contributed by atoms with Crippen molar-refractivity contribution in [1.29, 1.82) is 0 Å². The third kappa shape index (κ3) is 4.92. The zero-order valence-corrected chi connectivity index (χ0v) is 20.5. The summed E-state index contributed by atoms with van der Waals surface area (Å²) in [7, 11) is 4.15. The second-order valence-corrected chi connectivity index (χ2v) is 10.0. The number of carbonyl (C=O) groups excluding carboxylic acids is 1. The highest BCUT2D eigenvalue weighted by Crippen LogP contribution is 2.33. The summed E-state index contributed by atoms with van der Waals surface area (Å²) in [4.78, 5) is 24.2. The third-order valence-corrected chi connectivity index (χ3v) is 7.42. The number of pyridine rings is 1. The molecule has 0 atom stereocenters. The van der Waals surface area contributed by atoms with Crippen LogP contribution in [0.1, 0.15) is 10.4 Å². The number of hydrogen-bond donors (Lipinski definition) is 1. The fraction of sp³-hybridized carbons (Fsp3) is 0.259. The van der Waals surface area contributed by atoms with E-state index in [4.69, 9.17) is 0 Å². The van der Waals surface area contributed by atoms with E-state index in [2.05, 4.69) is 85.5 Å². The zero-order chi connectivity index (χ0) is 23.7. The molecular weight excluding hydrogens is 428 g/mol. The van der Waals surface area contributed by atoms with Gasteiger partial charge in [0.25, 0.3) is 5.91 Å². The van der Waals surface area contributed by atoms with E-state index in [1.54, 1.807) is 29.7 Å². The number of anilines is 1. The standard InChI is InChI=1S/C27H30N4OS/c1-7-20(11-18(3)31-15-24(16-31)30(5)6)27(32)29-26-13-23-12-21(8-9-22(23)14-28-26)25-10-17(2)19(4)33-25/h7-14,24H,1,3,15-16H2,2,4-6H3,(H,28,29,32)/b20-11+. The van der Waals surface area contributed by atoms with Crippen molar-refractivity contribution in [2.45, 2.75) is 19.9 Å². The van der Waals surface area contributed by atoms with E-state index in [9.17, 15) is 4.79 Å². The zero-order valence-electron chi connectivity index (χ0n) is 19.7. The number of aryl methyl sites for hydroxylation is 2. The van der Waals surface area contributed by atoms with Crippen LogP contribution in [0, 0.1) is 13.8 Å². The lowest BCUT2D eigenvalue weighted by Gasteiger charge is -2.44. The Balaban J connectivity index is 1.50. The number of thiophene rings is 1. The highest BCUT2D eigenvalue weighted by molar-refractivity contribution is 7.15. The summed E-state index contributed by atoms with van der Waals surface area (Å²) in [5, 5.41) is 4.97. The lowest BCUT2D eigenvalue weighted by Crippen LogP contribution is -2.56. The molecule has 1 aromatic carbocycles. The number of fused-ring (bicyclic) bond motifs is 1. The summed E-state index contributed by atoms with van der Waals surface area (Å²) in [6.07, 6.45) is 5.14. The van der Waals surface area contributed by atoms with E-state index < -0.39 is 0 Å². The van der Waals surface area contributed by atoms with E-state index in [1.165, 1.54) is 20.9 Å². The third-order valence-electron chi connectivity index (χ3n) is 6.22. The van der Waals surface area contributed by atoms with E-state index in [0.717, 1.165) is 29.6 Å². The van der Waals surface area contributed by atoms with Gasteiger partial charge in [-0.25, -0.2) is 4.98 Å². The Bertz CT molecular complexity index is 1240. The van der Waals surface area contributed by atoms with Crippen LogP contribution in [0.15, 0.2) is 73.1 Å². The van der Waals surface area contributed by atoms with Crippen molar-refractivity contribution >= 4 is 33.8 Å². The van der Waals surface area contributed by atoms with Crippen LogP contribution in [0.4, 0.5) is 5.82 Å². The molecule has 6 heteroatoms. The van der Waals surface area contributed by atoms with Gasteiger partial charge in [-0.3, -0.25) is 4.79 Å². The van der Waals surface area contributed by atoms with E-state index >= 15 is 0 Å². The summed E-state index contributed by atoms with van der Waals surface area (Å²) in [5.41, 5.74) is 3.75. The molecule has 0 aliphatic carbocycles. The number of aromatic nitrogens is 1. The first kappa shape index (κ1) is 23.0. The Morgan fingerprint density at radius 3 is 2.61 bits per heavy atom. The van der Waals surface area contributed by atoms with Gasteiger partial charge in [-0.1, -0.05) is 31.4 Å². The lowest BCUT2D eigenvalue weighted by molar-refractivity contribution is -0.112. The largest absolute Gasteiger partial charge is 0.369 e. The van der Waals surface area contributed by atoms with E-state index in [-0.39, 0.29) is 5.91 Å². The Labute approximate surface area is 199 Å². The average molecular weight is 459 g/mol. The van der Waals surface area contributed by atoms with E-state index in [0.29, 0.717) is 17.4 Å². The summed E-state index contributed by atoms with van der Waals surface area (Å²) in [5.74, 6) is 0.265. The molecule has 1 fully saturated rings. The van der Waals surface area contributed by atoms with Crippen LogP contribution >= 0.6 is 11.3 Å². The maximum atomic E-state index is 12.9. The molecule has 3 heterocycles. The molecule has 1 aliphatic rings. The molecule has 1 saturated heterocycles. The fourth-order valence-corrected chi connectivity index (χ4v) is 4.80. The smallest absolute Gasteiger partial charge is 0.256 e. The Hall–Kier alpha value is -3.22. The lowest BCUT2D eigenvalue weighted by atomic mass is 10.1. The monoisotopic (exact) mass is 458 g/mol. The van der Waals surface area contributed by atoms with Gasteiger partial charge in [0, 0.05) is 51.7 Å². The predicted molar refractivity (Wildman–Crippen MR) is 140 cm³/mol. The van der Waals surface area contributed by atoms with Crippen molar-refractivity contribution in [2.75, 3.05) is 32.5 Å². The first-order chi connectivity index (χ1) is 15.7. The van der Waals surface area contributed by atoms with Crippen LogP contribution in [-0.4, -0.2) is 53.9 Å². The van der Waals surface area contributed by atoms with Crippen LogP contribution in [-0.2, 0) is 4.79 Å². The van der Waals surface area contributed by atoms with Crippen molar-refractivity contribution in [3.8, 4) is 10.4 Å². The van der Waals surface area contributed by atoms with Crippen molar-refractivity contribution < 1.29 is 4.79 Å². The van der Waals surface area contributed by atoms with Crippen molar-refractivity contribution in [3.05, 3.63) is 83.5 Å². The number of rotatable bonds is 7. The quantitative estimate of drug-likeness (QED) is 0.381. The number of benzene rings is 1. The minimum atomic E-state index is -0.247. The number of likely N-dealkylation sites (N-methyl/N-ethyl adjacent to an activating group) is 1. The molecule has 0 unspecified atom stereocenters. The topological polar surface area (TPSA) is 48.5 Å². The van der Waals surface area contributed by atoms with E-state index in [1.807, 2.05) is 6.07 Å². The molecule has 33 heavy (non-hydrogen) atoms. The average Bonchev–Trinajstić information content (AvgIpc) is 3.08. The number of nitrogens with zero attached hydrogens (tertiary/aromatic N) is 3. The van der Waals surface area contributed by atoms with Gasteiger partial charge >= 0.3 is 0 Å². The van der Waals surface area contributed by atoms with Gasteiger partial charge in [0.1, 0.15) is 5.82 Å². The summed E-state index contributed by atoms with van der Waals surface area (Å²) >= 11 is 1.80. The van der Waals surface area contributed by atoms with Gasteiger partial charge in [0.05, 0.1) is 0 Å². The molecule has 0 bridgehead atoms. The highest BCUT2D eigenvalue weighted by Gasteiger charge is 2.28. The Kier molecular flexibility index (Phi) is 6.49. The first-order valence-corrected chi connectivity index (χ1v) is 11.8. The SMILES string of the molecule is C=C/C(=C\C(=C)N1CC(N(C)C)C1)C(=O)Nc1cc2cc(-c3cc(C)c(C)s3)ccc2cn1. The molecule has 1 amide bonds. The number of likely N-dealkylation sites (tertiary alicyclic amines) is 1. The second kappa shape index (κ2) is 9.33. The number of hydrogen-bond acceptors (Lipinski definition) is 5. The molecule has 1 aliphatic heterocycles. The second-order valence-electron chi connectivity index (χ2n) is 8.75. The maximum Gasteiger partial charge on any atom is 0.256 e. The first-order valence-electron chi connectivity index (χ1n) is 11.0. The normalized spacial score (nSPS) is 14.5. The summed E-state index contributed by atoms with van der Waals surface area (Å²) in [6.45, 7) is 14.0. The molecule has 5 nitrogen and oxygen atoms in total. The summed E-state index contributed by atoms with van der Waals surface area (Å²) in [6, 6.07) is 11.0. The van der Waals surface area contributed by atoms with Gasteiger partial charge in [-0.05, 0) is 68.7 Å². The molecule has 1 N–H and O–H groups in total. The van der Waals surface area contributed by atoms with Gasteiger partial charge in [-0.15, -0.1) is 11.3 Å². The Morgan fingerprint density at radius 1 is 1.21 bits per heavy atom. The minimum absolute atomic E-state index is 0.247. The highest BCUT2D eigenvalue weighted by atomic mass is 32.1. The van der Waals surface area contributed by atoms with Gasteiger partial charge in [0.2, 0.25) is 0 Å². The van der Waals surface area contributed by atoms with Crippen molar-refractivity contribution in [1.82, 2.24) is 14.8 Å². The van der Waals surface area contributed by atoms with Gasteiger partial charge in [-0.2, -0.15) is 0 Å². The van der Waals surface area contributed by atoms with Crippen LogP contribution in [0.25, 0.3) is 21.2 Å². The molecule has 0 spiro atoms. The van der Waals surface area contributed by atoms with Crippen LogP contribution in [0.2, 0.25) is 0 Å².